The maximum atomic E-state index is 12.9. The number of ether oxygens (including phenoxy) is 1. The lowest BCUT2D eigenvalue weighted by atomic mass is 10.3. The Morgan fingerprint density at radius 2 is 2.25 bits per heavy atom. The fourth-order valence-electron chi connectivity index (χ4n) is 1.21. The molecule has 0 aromatic heterocycles. The number of rotatable bonds is 6. The number of hydrogen-bond acceptors (Lipinski definition) is 3. The zero-order valence-corrected chi connectivity index (χ0v) is 11.5. The van der Waals surface area contributed by atoms with Crippen molar-refractivity contribution in [3.63, 3.8) is 0 Å². The lowest BCUT2D eigenvalue weighted by Crippen LogP contribution is -2.02. The number of anilines is 1. The van der Waals surface area contributed by atoms with Crippen LogP contribution in [0.2, 0.25) is 0 Å². The second-order valence-electron chi connectivity index (χ2n) is 3.20. The maximum Gasteiger partial charge on any atom is 0.156 e. The van der Waals surface area contributed by atoms with Crippen molar-refractivity contribution in [1.82, 2.24) is 0 Å². The zero-order valence-electron chi connectivity index (χ0n) is 9.13. The van der Waals surface area contributed by atoms with Gasteiger partial charge in [-0.1, -0.05) is 6.92 Å². The Morgan fingerprint density at radius 1 is 1.50 bits per heavy atom. The fourth-order valence-corrected chi connectivity index (χ4v) is 2.38. The first-order chi connectivity index (χ1) is 7.65. The molecule has 0 spiro atoms. The van der Waals surface area contributed by atoms with E-state index in [0.717, 1.165) is 17.9 Å². The van der Waals surface area contributed by atoms with E-state index in [0.29, 0.717) is 22.5 Å². The van der Waals surface area contributed by atoms with Gasteiger partial charge < -0.3 is 10.5 Å². The van der Waals surface area contributed by atoms with Crippen LogP contribution in [0.3, 0.4) is 0 Å². The first-order valence-electron chi connectivity index (χ1n) is 5.10. The van der Waals surface area contributed by atoms with Crippen molar-refractivity contribution in [3.8, 4) is 5.75 Å². The third kappa shape index (κ3) is 4.22. The highest BCUT2D eigenvalue weighted by Gasteiger charge is 2.08. The van der Waals surface area contributed by atoms with Crippen molar-refractivity contribution in [1.29, 1.82) is 0 Å². The first-order valence-corrected chi connectivity index (χ1v) is 7.05. The molecule has 0 saturated heterocycles. The Hall–Kier alpha value is -0.420. The Kier molecular flexibility index (Phi) is 5.98. The predicted octanol–water partition coefficient (Wildman–Crippen LogP) is 3.69. The second-order valence-corrected chi connectivity index (χ2v) is 5.45. The summed E-state index contributed by atoms with van der Waals surface area (Å²) in [5, 5.41) is 0. The summed E-state index contributed by atoms with van der Waals surface area (Å²) in [6.07, 6.45) is 0.960. The number of benzene rings is 1. The standard InChI is InChI=1S/C11H15BrFNOS/c1-2-16-5-3-4-15-11-9(12)6-8(13)7-10(11)14/h6-7H,2-5,14H2,1H3. The van der Waals surface area contributed by atoms with E-state index in [9.17, 15) is 4.39 Å². The quantitative estimate of drug-likeness (QED) is 0.643. The van der Waals surface area contributed by atoms with Crippen molar-refractivity contribution in [2.75, 3.05) is 23.8 Å². The van der Waals surface area contributed by atoms with Crippen LogP contribution in [-0.4, -0.2) is 18.1 Å². The van der Waals surface area contributed by atoms with Crippen molar-refractivity contribution < 1.29 is 9.13 Å². The molecule has 1 rings (SSSR count). The minimum atomic E-state index is -0.363. The number of hydrogen-bond donors (Lipinski definition) is 1. The molecule has 2 nitrogen and oxygen atoms in total. The number of nitrogens with two attached hydrogens (primary N) is 1. The number of nitrogen functional groups attached to an aromatic ring is 1. The van der Waals surface area contributed by atoms with Crippen LogP contribution >= 0.6 is 27.7 Å². The van der Waals surface area contributed by atoms with Gasteiger partial charge in [0.2, 0.25) is 0 Å². The summed E-state index contributed by atoms with van der Waals surface area (Å²) in [5.41, 5.74) is 5.99. The Balaban J connectivity index is 2.47. The topological polar surface area (TPSA) is 35.2 Å². The third-order valence-corrected chi connectivity index (χ3v) is 3.50. The molecule has 0 amide bonds. The lowest BCUT2D eigenvalue weighted by molar-refractivity contribution is 0.318. The van der Waals surface area contributed by atoms with E-state index in [1.165, 1.54) is 12.1 Å². The average molecular weight is 308 g/mol. The van der Waals surface area contributed by atoms with Gasteiger partial charge in [-0.25, -0.2) is 4.39 Å². The molecule has 2 N–H and O–H groups in total. The molecule has 5 heteroatoms. The van der Waals surface area contributed by atoms with Crippen molar-refractivity contribution in [3.05, 3.63) is 22.4 Å². The molecule has 0 atom stereocenters. The molecule has 0 aliphatic carbocycles. The summed E-state index contributed by atoms with van der Waals surface area (Å²) in [7, 11) is 0. The summed E-state index contributed by atoms with van der Waals surface area (Å²) < 4.78 is 19.0. The molecule has 0 radical (unpaired) electrons. The highest BCUT2D eigenvalue weighted by atomic mass is 79.9. The van der Waals surface area contributed by atoms with Crippen molar-refractivity contribution >= 4 is 33.4 Å². The van der Waals surface area contributed by atoms with Gasteiger partial charge in [0, 0.05) is 6.07 Å². The summed E-state index contributed by atoms with van der Waals surface area (Å²) in [6.45, 7) is 2.72. The van der Waals surface area contributed by atoms with Crippen LogP contribution in [-0.2, 0) is 0 Å². The summed E-state index contributed by atoms with van der Waals surface area (Å²) in [4.78, 5) is 0. The zero-order chi connectivity index (χ0) is 12.0. The smallest absolute Gasteiger partial charge is 0.156 e. The summed E-state index contributed by atoms with van der Waals surface area (Å²) in [6, 6.07) is 2.62. The summed E-state index contributed by atoms with van der Waals surface area (Å²) in [5.74, 6) is 2.35. The molecule has 1 aromatic carbocycles. The highest BCUT2D eigenvalue weighted by molar-refractivity contribution is 9.10. The van der Waals surface area contributed by atoms with E-state index in [-0.39, 0.29) is 5.82 Å². The van der Waals surface area contributed by atoms with Crippen LogP contribution in [0.15, 0.2) is 16.6 Å². The van der Waals surface area contributed by atoms with Crippen LogP contribution in [0.5, 0.6) is 5.75 Å². The molecule has 16 heavy (non-hydrogen) atoms. The summed E-state index contributed by atoms with van der Waals surface area (Å²) >= 11 is 5.10. The van der Waals surface area contributed by atoms with Gasteiger partial charge >= 0.3 is 0 Å². The van der Waals surface area contributed by atoms with E-state index in [1.54, 1.807) is 0 Å². The Bertz CT molecular complexity index is 326. The maximum absolute atomic E-state index is 12.9. The van der Waals surface area contributed by atoms with Crippen LogP contribution in [0.1, 0.15) is 13.3 Å². The first kappa shape index (κ1) is 13.6. The van der Waals surface area contributed by atoms with Gasteiger partial charge in [-0.15, -0.1) is 0 Å². The van der Waals surface area contributed by atoms with E-state index in [4.69, 9.17) is 10.5 Å². The normalized spacial score (nSPS) is 10.4. The van der Waals surface area contributed by atoms with E-state index < -0.39 is 0 Å². The SMILES string of the molecule is CCSCCCOc1c(N)cc(F)cc1Br. The predicted molar refractivity (Wildman–Crippen MR) is 71.6 cm³/mol. The van der Waals surface area contributed by atoms with E-state index >= 15 is 0 Å². The van der Waals surface area contributed by atoms with Gasteiger partial charge in [0.15, 0.2) is 5.75 Å². The number of halogens is 2. The molecule has 0 fully saturated rings. The van der Waals surface area contributed by atoms with Crippen molar-refractivity contribution in [2.45, 2.75) is 13.3 Å². The highest BCUT2D eigenvalue weighted by Crippen LogP contribution is 2.32. The fraction of sp³-hybridized carbons (Fsp3) is 0.455. The minimum absolute atomic E-state index is 0.329. The molecule has 0 aliphatic rings. The molecule has 0 bridgehead atoms. The monoisotopic (exact) mass is 307 g/mol. The average Bonchev–Trinajstić information content (AvgIpc) is 2.20. The molecule has 90 valence electrons. The van der Waals surface area contributed by atoms with Crippen LogP contribution in [0, 0.1) is 5.82 Å². The largest absolute Gasteiger partial charge is 0.490 e. The second kappa shape index (κ2) is 7.01. The molecular weight excluding hydrogens is 293 g/mol. The number of thioether (sulfide) groups is 1. The molecule has 0 saturated carbocycles. The van der Waals surface area contributed by atoms with Crippen LogP contribution in [0.25, 0.3) is 0 Å². The molecule has 0 unspecified atom stereocenters. The van der Waals surface area contributed by atoms with Gasteiger partial charge in [0.05, 0.1) is 16.8 Å². The third-order valence-electron chi connectivity index (χ3n) is 1.92. The Morgan fingerprint density at radius 3 is 2.88 bits per heavy atom. The van der Waals surface area contributed by atoms with Gasteiger partial charge in [0.1, 0.15) is 5.82 Å². The van der Waals surface area contributed by atoms with Crippen molar-refractivity contribution in [2.24, 2.45) is 0 Å². The van der Waals surface area contributed by atoms with Crippen LogP contribution in [0.4, 0.5) is 10.1 Å². The molecule has 0 heterocycles. The van der Waals surface area contributed by atoms with Gasteiger partial charge in [0.25, 0.3) is 0 Å². The van der Waals surface area contributed by atoms with Gasteiger partial charge in [-0.3, -0.25) is 0 Å². The molecule has 1 aromatic rings. The molecular formula is C11H15BrFNOS. The van der Waals surface area contributed by atoms with E-state index in [2.05, 4.69) is 22.9 Å². The van der Waals surface area contributed by atoms with Crippen LogP contribution < -0.4 is 10.5 Å². The van der Waals surface area contributed by atoms with Gasteiger partial charge in [-0.05, 0) is 39.9 Å². The molecule has 0 aliphatic heterocycles. The van der Waals surface area contributed by atoms with E-state index in [1.807, 2.05) is 11.8 Å². The van der Waals surface area contributed by atoms with Gasteiger partial charge in [-0.2, -0.15) is 11.8 Å². The lowest BCUT2D eigenvalue weighted by Gasteiger charge is -2.10. The minimum Gasteiger partial charge on any atom is -0.490 e. The Labute approximate surface area is 108 Å².